The molecule has 0 radical (unpaired) electrons. The minimum Gasteiger partial charge on any atom is -0.354 e. The lowest BCUT2D eigenvalue weighted by molar-refractivity contribution is -0.136. The lowest BCUT2D eigenvalue weighted by atomic mass is 9.96. The molecule has 3 rings (SSSR count). The molecule has 0 unspecified atom stereocenters. The van der Waals surface area contributed by atoms with E-state index in [0.29, 0.717) is 12.2 Å². The van der Waals surface area contributed by atoms with Crippen LogP contribution < -0.4 is 16.0 Å². The Hall–Kier alpha value is -3.15. The van der Waals surface area contributed by atoms with Crippen molar-refractivity contribution in [2.75, 3.05) is 11.9 Å². The van der Waals surface area contributed by atoms with E-state index in [9.17, 15) is 14.4 Å². The quantitative estimate of drug-likeness (QED) is 0.632. The molecule has 0 aromatic heterocycles. The normalized spacial score (nSPS) is 14.2. The Morgan fingerprint density at radius 3 is 2.17 bits per heavy atom. The predicted molar refractivity (Wildman–Crippen MR) is 112 cm³/mol. The Bertz CT molecular complexity index is 872. The summed E-state index contributed by atoms with van der Waals surface area (Å²) >= 11 is 0. The predicted octanol–water partition coefficient (Wildman–Crippen LogP) is 2.54. The van der Waals surface area contributed by atoms with E-state index in [1.54, 1.807) is 24.3 Å². The topological polar surface area (TPSA) is 87.3 Å². The Morgan fingerprint density at radius 1 is 0.931 bits per heavy atom. The third-order valence-corrected chi connectivity index (χ3v) is 5.06. The smallest absolute Gasteiger partial charge is 0.313 e. The lowest BCUT2D eigenvalue weighted by Gasteiger charge is -2.16. The van der Waals surface area contributed by atoms with Crippen molar-refractivity contribution in [3.8, 4) is 0 Å². The highest BCUT2D eigenvalue weighted by molar-refractivity contribution is 6.39. The first-order chi connectivity index (χ1) is 13.9. The molecule has 1 fully saturated rings. The summed E-state index contributed by atoms with van der Waals surface area (Å²) < 4.78 is 0. The van der Waals surface area contributed by atoms with Gasteiger partial charge in [0.05, 0.1) is 6.42 Å². The summed E-state index contributed by atoms with van der Waals surface area (Å²) in [5.74, 6) is -1.39. The van der Waals surface area contributed by atoms with Crippen molar-refractivity contribution in [1.29, 1.82) is 0 Å². The average molecular weight is 393 g/mol. The van der Waals surface area contributed by atoms with E-state index in [4.69, 9.17) is 0 Å². The maximum Gasteiger partial charge on any atom is 0.313 e. The van der Waals surface area contributed by atoms with E-state index in [-0.39, 0.29) is 23.8 Å². The molecule has 1 saturated carbocycles. The molecular formula is C23H27N3O3. The molecule has 1 aliphatic rings. The van der Waals surface area contributed by atoms with Crippen molar-refractivity contribution in [2.45, 2.75) is 44.6 Å². The highest BCUT2D eigenvalue weighted by Gasteiger charge is 2.44. The Balaban J connectivity index is 1.48. The van der Waals surface area contributed by atoms with Gasteiger partial charge in [-0.1, -0.05) is 42.5 Å². The number of amides is 3. The van der Waals surface area contributed by atoms with Crippen LogP contribution in [0.15, 0.2) is 54.6 Å². The van der Waals surface area contributed by atoms with Gasteiger partial charge in [-0.15, -0.1) is 0 Å². The number of hydrogen-bond donors (Lipinski definition) is 3. The Morgan fingerprint density at radius 2 is 1.59 bits per heavy atom. The van der Waals surface area contributed by atoms with Gasteiger partial charge in [0.25, 0.3) is 0 Å². The number of carbonyl (C=O) groups excluding carboxylic acids is 3. The molecule has 2 aromatic rings. The third-order valence-electron chi connectivity index (χ3n) is 5.06. The average Bonchev–Trinajstić information content (AvgIpc) is 3.49. The first-order valence-corrected chi connectivity index (χ1v) is 9.91. The molecule has 3 N–H and O–H groups in total. The van der Waals surface area contributed by atoms with Gasteiger partial charge in [-0.3, -0.25) is 14.4 Å². The van der Waals surface area contributed by atoms with E-state index < -0.39 is 11.8 Å². The van der Waals surface area contributed by atoms with Crippen LogP contribution in [0, 0.1) is 0 Å². The zero-order valence-corrected chi connectivity index (χ0v) is 16.8. The zero-order chi connectivity index (χ0) is 20.9. The monoisotopic (exact) mass is 393 g/mol. The highest BCUT2D eigenvalue weighted by Crippen LogP contribution is 2.47. The van der Waals surface area contributed by atoms with Crippen molar-refractivity contribution in [2.24, 2.45) is 0 Å². The van der Waals surface area contributed by atoms with Gasteiger partial charge in [0.1, 0.15) is 0 Å². The number of anilines is 1. The van der Waals surface area contributed by atoms with Gasteiger partial charge in [0.15, 0.2) is 0 Å². The summed E-state index contributed by atoms with van der Waals surface area (Å²) in [5.41, 5.74) is 2.50. The zero-order valence-electron chi connectivity index (χ0n) is 16.8. The molecule has 0 spiro atoms. The summed E-state index contributed by atoms with van der Waals surface area (Å²) in [6.07, 6.45) is 2.28. The van der Waals surface area contributed by atoms with E-state index in [1.165, 1.54) is 5.56 Å². The molecule has 1 aliphatic carbocycles. The van der Waals surface area contributed by atoms with Crippen molar-refractivity contribution in [1.82, 2.24) is 10.6 Å². The van der Waals surface area contributed by atoms with Crippen LogP contribution in [0.5, 0.6) is 0 Å². The van der Waals surface area contributed by atoms with Crippen LogP contribution in [0.2, 0.25) is 0 Å². The second-order valence-corrected chi connectivity index (χ2v) is 7.88. The third kappa shape index (κ3) is 5.67. The molecule has 0 heterocycles. The van der Waals surface area contributed by atoms with Crippen LogP contribution in [0.4, 0.5) is 5.69 Å². The van der Waals surface area contributed by atoms with Gasteiger partial charge < -0.3 is 16.0 Å². The van der Waals surface area contributed by atoms with Crippen LogP contribution in [-0.4, -0.2) is 30.3 Å². The maximum atomic E-state index is 12.2. The largest absolute Gasteiger partial charge is 0.354 e. The first kappa shape index (κ1) is 20.6. The molecule has 0 saturated heterocycles. The maximum absolute atomic E-state index is 12.2. The number of rotatable bonds is 7. The van der Waals surface area contributed by atoms with Crippen molar-refractivity contribution >= 4 is 23.4 Å². The SMILES string of the molecule is CC(C)NC(=O)Cc1ccc(NC(=O)C(=O)NCC2(c3ccccc3)CC2)cc1. The molecule has 0 atom stereocenters. The van der Waals surface area contributed by atoms with Gasteiger partial charge in [-0.25, -0.2) is 0 Å². The molecule has 3 amide bonds. The first-order valence-electron chi connectivity index (χ1n) is 9.91. The van der Waals surface area contributed by atoms with Gasteiger partial charge in [-0.05, 0) is 49.9 Å². The molecule has 6 nitrogen and oxygen atoms in total. The molecule has 0 bridgehead atoms. The minimum absolute atomic E-state index is 0.0462. The molecule has 2 aromatic carbocycles. The van der Waals surface area contributed by atoms with Crippen LogP contribution in [-0.2, 0) is 26.2 Å². The van der Waals surface area contributed by atoms with Crippen molar-refractivity contribution < 1.29 is 14.4 Å². The molecule has 6 heteroatoms. The summed E-state index contributed by atoms with van der Waals surface area (Å²) in [7, 11) is 0. The number of nitrogens with one attached hydrogen (secondary N) is 3. The van der Waals surface area contributed by atoms with Crippen molar-refractivity contribution in [3.63, 3.8) is 0 Å². The van der Waals surface area contributed by atoms with Crippen molar-refractivity contribution in [3.05, 3.63) is 65.7 Å². The summed E-state index contributed by atoms with van der Waals surface area (Å²) in [6, 6.07) is 17.1. The fourth-order valence-corrected chi connectivity index (χ4v) is 3.29. The van der Waals surface area contributed by atoms with Gasteiger partial charge >= 0.3 is 11.8 Å². The van der Waals surface area contributed by atoms with Gasteiger partial charge in [0.2, 0.25) is 5.91 Å². The molecular weight excluding hydrogens is 366 g/mol. The summed E-state index contributed by atoms with van der Waals surface area (Å²) in [6.45, 7) is 4.27. The molecule has 29 heavy (non-hydrogen) atoms. The summed E-state index contributed by atoms with van der Waals surface area (Å²) in [5, 5.41) is 8.19. The van der Waals surface area contributed by atoms with E-state index in [2.05, 4.69) is 28.1 Å². The van der Waals surface area contributed by atoms with Crippen LogP contribution >= 0.6 is 0 Å². The van der Waals surface area contributed by atoms with Gasteiger partial charge in [-0.2, -0.15) is 0 Å². The fourth-order valence-electron chi connectivity index (χ4n) is 3.29. The van der Waals surface area contributed by atoms with E-state index in [1.807, 2.05) is 32.0 Å². The number of benzene rings is 2. The van der Waals surface area contributed by atoms with Crippen LogP contribution in [0.25, 0.3) is 0 Å². The van der Waals surface area contributed by atoms with Crippen LogP contribution in [0.1, 0.15) is 37.8 Å². The fraction of sp³-hybridized carbons (Fsp3) is 0.348. The van der Waals surface area contributed by atoms with Crippen LogP contribution in [0.3, 0.4) is 0 Å². The summed E-state index contributed by atoms with van der Waals surface area (Å²) in [4.78, 5) is 36.2. The minimum atomic E-state index is -0.695. The molecule has 152 valence electrons. The second kappa shape index (κ2) is 8.90. The van der Waals surface area contributed by atoms with E-state index in [0.717, 1.165) is 18.4 Å². The lowest BCUT2D eigenvalue weighted by Crippen LogP contribution is -2.39. The second-order valence-electron chi connectivity index (χ2n) is 7.88. The Kier molecular flexibility index (Phi) is 6.32. The number of carbonyl (C=O) groups is 3. The molecule has 0 aliphatic heterocycles. The number of hydrogen-bond acceptors (Lipinski definition) is 3. The van der Waals surface area contributed by atoms with Gasteiger partial charge in [0, 0.05) is 23.7 Å². The van der Waals surface area contributed by atoms with E-state index >= 15 is 0 Å². The Labute approximate surface area is 171 Å². The standard InChI is InChI=1S/C23H27N3O3/c1-16(2)25-20(27)14-17-8-10-19(11-9-17)26-22(29)21(28)24-15-23(12-13-23)18-6-4-3-5-7-18/h3-11,16H,12-15H2,1-2H3,(H,24,28)(H,25,27)(H,26,29). The highest BCUT2D eigenvalue weighted by atomic mass is 16.2.